The lowest BCUT2D eigenvalue weighted by Crippen LogP contribution is -2.40. The normalized spacial score (nSPS) is 31.4. The van der Waals surface area contributed by atoms with E-state index in [9.17, 15) is 0 Å². The number of rotatable bonds is 3. The van der Waals surface area contributed by atoms with Gasteiger partial charge in [-0.15, -0.1) is 0 Å². The third kappa shape index (κ3) is 3.46. The van der Waals surface area contributed by atoms with Crippen molar-refractivity contribution in [1.82, 2.24) is 5.32 Å². The first kappa shape index (κ1) is 11.4. The van der Waals surface area contributed by atoms with Crippen LogP contribution in [0.3, 0.4) is 0 Å². The summed E-state index contributed by atoms with van der Waals surface area (Å²) in [6.07, 6.45) is 9.52. The summed E-state index contributed by atoms with van der Waals surface area (Å²) in [6.45, 7) is 4.30. The van der Waals surface area contributed by atoms with Crippen LogP contribution in [0.4, 0.5) is 0 Å². The summed E-state index contributed by atoms with van der Waals surface area (Å²) in [5.74, 6) is 0.939. The molecule has 0 spiro atoms. The van der Waals surface area contributed by atoms with E-state index in [4.69, 9.17) is 4.74 Å². The molecule has 2 nitrogen and oxygen atoms in total. The van der Waals surface area contributed by atoms with Crippen molar-refractivity contribution in [2.45, 2.75) is 64.0 Å². The monoisotopic (exact) mass is 211 g/mol. The minimum Gasteiger partial charge on any atom is -0.381 e. The van der Waals surface area contributed by atoms with Gasteiger partial charge in [0.2, 0.25) is 0 Å². The van der Waals surface area contributed by atoms with Gasteiger partial charge in [-0.05, 0) is 44.9 Å². The van der Waals surface area contributed by atoms with Crippen LogP contribution in [0.1, 0.15) is 51.9 Å². The highest BCUT2D eigenvalue weighted by molar-refractivity contribution is 4.81. The van der Waals surface area contributed by atoms with Gasteiger partial charge in [-0.1, -0.05) is 12.8 Å². The second-order valence-corrected chi connectivity index (χ2v) is 5.24. The molecule has 1 aliphatic heterocycles. The standard InChI is InChI=1S/C13H25NO/c1-11(12-5-2-3-6-12)14-13-7-4-9-15-10-8-13/h11-14H,2-10H2,1H3/t11-,13?/m1/s1. The van der Waals surface area contributed by atoms with E-state index in [1.807, 2.05) is 0 Å². The Morgan fingerprint density at radius 2 is 1.80 bits per heavy atom. The number of hydrogen-bond donors (Lipinski definition) is 1. The molecule has 0 aromatic heterocycles. The Kier molecular flexibility index (Phi) is 4.45. The molecular weight excluding hydrogens is 186 g/mol. The smallest absolute Gasteiger partial charge is 0.0480 e. The van der Waals surface area contributed by atoms with Crippen molar-refractivity contribution in [3.8, 4) is 0 Å². The van der Waals surface area contributed by atoms with E-state index in [1.54, 1.807) is 0 Å². The number of ether oxygens (including phenoxy) is 1. The van der Waals surface area contributed by atoms with Crippen molar-refractivity contribution in [2.75, 3.05) is 13.2 Å². The molecule has 1 saturated carbocycles. The van der Waals surface area contributed by atoms with Crippen molar-refractivity contribution in [3.63, 3.8) is 0 Å². The minimum atomic E-state index is 0.711. The van der Waals surface area contributed by atoms with Gasteiger partial charge >= 0.3 is 0 Å². The number of nitrogens with one attached hydrogen (secondary N) is 1. The molecule has 1 unspecified atom stereocenters. The zero-order valence-electron chi connectivity index (χ0n) is 10.0. The number of hydrogen-bond acceptors (Lipinski definition) is 2. The molecule has 15 heavy (non-hydrogen) atoms. The van der Waals surface area contributed by atoms with Crippen molar-refractivity contribution in [1.29, 1.82) is 0 Å². The fraction of sp³-hybridized carbons (Fsp3) is 1.00. The maximum atomic E-state index is 5.49. The summed E-state index contributed by atoms with van der Waals surface area (Å²) >= 11 is 0. The lowest BCUT2D eigenvalue weighted by atomic mass is 9.97. The summed E-state index contributed by atoms with van der Waals surface area (Å²) in [4.78, 5) is 0. The van der Waals surface area contributed by atoms with Gasteiger partial charge in [-0.2, -0.15) is 0 Å². The molecule has 2 aliphatic rings. The van der Waals surface area contributed by atoms with E-state index < -0.39 is 0 Å². The zero-order valence-corrected chi connectivity index (χ0v) is 10.0. The van der Waals surface area contributed by atoms with Gasteiger partial charge in [-0.3, -0.25) is 0 Å². The molecule has 88 valence electrons. The van der Waals surface area contributed by atoms with Gasteiger partial charge in [-0.25, -0.2) is 0 Å². The topological polar surface area (TPSA) is 21.3 Å². The van der Waals surface area contributed by atoms with Crippen LogP contribution in [0.15, 0.2) is 0 Å². The zero-order chi connectivity index (χ0) is 10.5. The van der Waals surface area contributed by atoms with Crippen LogP contribution >= 0.6 is 0 Å². The van der Waals surface area contributed by atoms with Gasteiger partial charge in [0.25, 0.3) is 0 Å². The van der Waals surface area contributed by atoms with Crippen LogP contribution in [-0.2, 0) is 4.74 Å². The predicted molar refractivity (Wildman–Crippen MR) is 63.0 cm³/mol. The largest absolute Gasteiger partial charge is 0.381 e. The summed E-state index contributed by atoms with van der Waals surface area (Å²) in [5, 5.41) is 3.82. The van der Waals surface area contributed by atoms with Crippen molar-refractivity contribution < 1.29 is 4.74 Å². The molecule has 2 fully saturated rings. The Bertz CT molecular complexity index is 169. The molecule has 2 rings (SSSR count). The first-order chi connectivity index (χ1) is 7.36. The van der Waals surface area contributed by atoms with Crippen molar-refractivity contribution in [3.05, 3.63) is 0 Å². The summed E-state index contributed by atoms with van der Waals surface area (Å²) in [5.41, 5.74) is 0. The Labute approximate surface area is 93.8 Å². The predicted octanol–water partition coefficient (Wildman–Crippen LogP) is 2.72. The van der Waals surface area contributed by atoms with Gasteiger partial charge in [0.05, 0.1) is 0 Å². The molecule has 0 radical (unpaired) electrons. The summed E-state index contributed by atoms with van der Waals surface area (Å²) < 4.78 is 5.49. The Hall–Kier alpha value is -0.0800. The van der Waals surface area contributed by atoms with Crippen LogP contribution in [0.2, 0.25) is 0 Å². The van der Waals surface area contributed by atoms with Crippen LogP contribution in [-0.4, -0.2) is 25.3 Å². The molecule has 0 bridgehead atoms. The molecule has 2 atom stereocenters. The van der Waals surface area contributed by atoms with Crippen molar-refractivity contribution in [2.24, 2.45) is 5.92 Å². The van der Waals surface area contributed by atoms with E-state index in [1.165, 1.54) is 44.9 Å². The third-order valence-electron chi connectivity index (χ3n) is 4.06. The fourth-order valence-corrected chi connectivity index (χ4v) is 3.04. The SMILES string of the molecule is C[C@@H](NC1CCCOCC1)C1CCCC1. The van der Waals surface area contributed by atoms with Crippen LogP contribution in [0.5, 0.6) is 0 Å². The van der Waals surface area contributed by atoms with Gasteiger partial charge in [0.15, 0.2) is 0 Å². The molecule has 2 heteroatoms. The molecule has 1 aliphatic carbocycles. The van der Waals surface area contributed by atoms with E-state index in [-0.39, 0.29) is 0 Å². The maximum absolute atomic E-state index is 5.49. The van der Waals surface area contributed by atoms with Gasteiger partial charge in [0, 0.05) is 25.3 Å². The highest BCUT2D eigenvalue weighted by Gasteiger charge is 2.23. The van der Waals surface area contributed by atoms with Gasteiger partial charge in [0.1, 0.15) is 0 Å². The fourth-order valence-electron chi connectivity index (χ4n) is 3.04. The van der Waals surface area contributed by atoms with Gasteiger partial charge < -0.3 is 10.1 Å². The highest BCUT2D eigenvalue weighted by atomic mass is 16.5. The first-order valence-electron chi connectivity index (χ1n) is 6.70. The van der Waals surface area contributed by atoms with Crippen molar-refractivity contribution >= 4 is 0 Å². The molecular formula is C13H25NO. The Balaban J connectivity index is 1.73. The summed E-state index contributed by atoms with van der Waals surface area (Å²) in [7, 11) is 0. The van der Waals surface area contributed by atoms with E-state index >= 15 is 0 Å². The van der Waals surface area contributed by atoms with Crippen LogP contribution < -0.4 is 5.32 Å². The molecule has 1 heterocycles. The molecule has 0 aromatic rings. The molecule has 1 N–H and O–H groups in total. The average molecular weight is 211 g/mol. The van der Waals surface area contributed by atoms with E-state index in [2.05, 4.69) is 12.2 Å². The molecule has 0 aromatic carbocycles. The molecule has 0 amide bonds. The lowest BCUT2D eigenvalue weighted by molar-refractivity contribution is 0.142. The second-order valence-electron chi connectivity index (χ2n) is 5.24. The highest BCUT2D eigenvalue weighted by Crippen LogP contribution is 2.28. The third-order valence-corrected chi connectivity index (χ3v) is 4.06. The summed E-state index contributed by atoms with van der Waals surface area (Å²) in [6, 6.07) is 1.43. The van der Waals surface area contributed by atoms with E-state index in [0.29, 0.717) is 6.04 Å². The quantitative estimate of drug-likeness (QED) is 0.775. The minimum absolute atomic E-state index is 0.711. The Morgan fingerprint density at radius 1 is 1.00 bits per heavy atom. The molecule has 1 saturated heterocycles. The van der Waals surface area contributed by atoms with Crippen LogP contribution in [0.25, 0.3) is 0 Å². The average Bonchev–Trinajstić information content (AvgIpc) is 2.65. The Morgan fingerprint density at radius 3 is 2.60 bits per heavy atom. The first-order valence-corrected chi connectivity index (χ1v) is 6.70. The maximum Gasteiger partial charge on any atom is 0.0480 e. The van der Waals surface area contributed by atoms with E-state index in [0.717, 1.165) is 25.2 Å². The second kappa shape index (κ2) is 5.86. The van der Waals surface area contributed by atoms with Crippen LogP contribution in [0, 0.1) is 5.92 Å². The lowest BCUT2D eigenvalue weighted by Gasteiger charge is -2.26.